The number of carbonyl (C=O) groups excluding carboxylic acids is 1. The number of nitrogens with two attached hydrogens (primary N) is 1. The van der Waals surface area contributed by atoms with Crippen LogP contribution >= 0.6 is 0 Å². The number of rotatable bonds is 5. The lowest BCUT2D eigenvalue weighted by atomic mass is 10.0. The van der Waals surface area contributed by atoms with Crippen LogP contribution < -0.4 is 11.1 Å². The minimum atomic E-state index is 0.000626. The van der Waals surface area contributed by atoms with Crippen molar-refractivity contribution >= 4 is 5.91 Å². The topological polar surface area (TPSA) is 61.6 Å². The van der Waals surface area contributed by atoms with Crippen molar-refractivity contribution < 1.29 is 4.79 Å². The van der Waals surface area contributed by atoms with Gasteiger partial charge in [0.25, 0.3) is 5.91 Å². The second-order valence-corrected chi connectivity index (χ2v) is 5.80. The molecule has 5 heteroatoms. The van der Waals surface area contributed by atoms with Crippen LogP contribution in [0.15, 0.2) is 24.3 Å². The summed E-state index contributed by atoms with van der Waals surface area (Å²) in [6, 6.07) is 8.06. The average Bonchev–Trinajstić information content (AvgIpc) is 2.49. The molecule has 116 valence electrons. The highest BCUT2D eigenvalue weighted by Crippen LogP contribution is 2.10. The van der Waals surface area contributed by atoms with E-state index in [-0.39, 0.29) is 5.91 Å². The van der Waals surface area contributed by atoms with Crippen molar-refractivity contribution in [2.45, 2.75) is 12.5 Å². The summed E-state index contributed by atoms with van der Waals surface area (Å²) in [5, 5.41) is 3.07. The molecule has 1 fully saturated rings. The molecule has 5 nitrogen and oxygen atoms in total. The number of hydrogen-bond acceptors (Lipinski definition) is 4. The van der Waals surface area contributed by atoms with Crippen LogP contribution in [0.1, 0.15) is 15.9 Å². The van der Waals surface area contributed by atoms with Crippen LogP contribution in [-0.4, -0.2) is 68.6 Å². The molecule has 1 amide bonds. The molecule has 3 N–H and O–H groups in total. The summed E-state index contributed by atoms with van der Waals surface area (Å²) in [5.74, 6) is 0.000626. The van der Waals surface area contributed by atoms with E-state index in [4.69, 9.17) is 5.73 Å². The van der Waals surface area contributed by atoms with Gasteiger partial charge in [0.2, 0.25) is 0 Å². The van der Waals surface area contributed by atoms with Crippen LogP contribution in [0.2, 0.25) is 0 Å². The summed E-state index contributed by atoms with van der Waals surface area (Å²) in [5.41, 5.74) is 7.38. The molecule has 1 heterocycles. The lowest BCUT2D eigenvalue weighted by molar-refractivity contribution is 0.0880. The monoisotopic (exact) mass is 290 g/mol. The number of hydrogen-bond donors (Lipinski definition) is 2. The zero-order chi connectivity index (χ0) is 15.2. The molecule has 1 aromatic carbocycles. The van der Waals surface area contributed by atoms with Gasteiger partial charge in [-0.1, -0.05) is 18.2 Å². The maximum Gasteiger partial charge on any atom is 0.251 e. The lowest BCUT2D eigenvalue weighted by Crippen LogP contribution is -2.54. The van der Waals surface area contributed by atoms with Gasteiger partial charge in [0.05, 0.1) is 0 Å². The summed E-state index contributed by atoms with van der Waals surface area (Å²) >= 11 is 0. The highest BCUT2D eigenvalue weighted by Gasteiger charge is 2.22. The number of carbonyl (C=O) groups is 1. The number of nitrogens with one attached hydrogen (secondary N) is 1. The number of likely N-dealkylation sites (N-methyl/N-ethyl adjacent to an activating group) is 2. The van der Waals surface area contributed by atoms with E-state index >= 15 is 0 Å². The van der Waals surface area contributed by atoms with Crippen LogP contribution in [0.5, 0.6) is 0 Å². The predicted molar refractivity (Wildman–Crippen MR) is 85.4 cm³/mol. The van der Waals surface area contributed by atoms with Gasteiger partial charge in [-0.05, 0) is 38.7 Å². The highest BCUT2D eigenvalue weighted by atomic mass is 16.1. The van der Waals surface area contributed by atoms with E-state index in [1.165, 1.54) is 0 Å². The number of benzene rings is 1. The van der Waals surface area contributed by atoms with Crippen molar-refractivity contribution in [3.63, 3.8) is 0 Å². The molecule has 0 bridgehead atoms. The third-order valence-electron chi connectivity index (χ3n) is 4.15. The summed E-state index contributed by atoms with van der Waals surface area (Å²) in [6.45, 7) is 4.35. The first-order valence-corrected chi connectivity index (χ1v) is 7.56. The Hall–Kier alpha value is -1.43. The average molecular weight is 290 g/mol. The first kappa shape index (κ1) is 15.9. The van der Waals surface area contributed by atoms with E-state index in [0.717, 1.165) is 37.2 Å². The molecule has 0 saturated carbocycles. The van der Waals surface area contributed by atoms with Gasteiger partial charge in [-0.3, -0.25) is 9.69 Å². The molecule has 1 aliphatic rings. The molecule has 0 spiro atoms. The molecular weight excluding hydrogens is 264 g/mol. The Balaban J connectivity index is 1.95. The van der Waals surface area contributed by atoms with Crippen LogP contribution in [0, 0.1) is 0 Å². The second-order valence-electron chi connectivity index (χ2n) is 5.80. The maximum atomic E-state index is 12.4. The van der Waals surface area contributed by atoms with Gasteiger partial charge < -0.3 is 16.0 Å². The summed E-state index contributed by atoms with van der Waals surface area (Å²) in [6.07, 6.45) is 0.732. The molecule has 0 aliphatic carbocycles. The Labute approximate surface area is 127 Å². The Bertz CT molecular complexity index is 477. The van der Waals surface area contributed by atoms with E-state index in [9.17, 15) is 4.79 Å². The van der Waals surface area contributed by atoms with E-state index in [1.807, 2.05) is 24.3 Å². The first-order chi connectivity index (χ1) is 10.1. The fourth-order valence-corrected chi connectivity index (χ4v) is 2.74. The fraction of sp³-hybridized carbons (Fsp3) is 0.562. The van der Waals surface area contributed by atoms with Crippen molar-refractivity contribution in [2.24, 2.45) is 5.73 Å². The Morgan fingerprint density at radius 2 is 2.10 bits per heavy atom. The normalized spacial score (nSPS) is 20.4. The lowest BCUT2D eigenvalue weighted by Gasteiger charge is -2.37. The van der Waals surface area contributed by atoms with E-state index in [2.05, 4.69) is 29.2 Å². The largest absolute Gasteiger partial charge is 0.350 e. The molecule has 1 atom stereocenters. The van der Waals surface area contributed by atoms with Gasteiger partial charge >= 0.3 is 0 Å². The van der Waals surface area contributed by atoms with Gasteiger partial charge in [-0.2, -0.15) is 0 Å². The minimum Gasteiger partial charge on any atom is -0.350 e. The van der Waals surface area contributed by atoms with E-state index in [1.54, 1.807) is 0 Å². The molecule has 1 aromatic rings. The van der Waals surface area contributed by atoms with Crippen molar-refractivity contribution in [3.8, 4) is 0 Å². The molecule has 0 radical (unpaired) electrons. The van der Waals surface area contributed by atoms with Gasteiger partial charge in [0.15, 0.2) is 0 Å². The summed E-state index contributed by atoms with van der Waals surface area (Å²) in [7, 11) is 4.24. The predicted octanol–water partition coefficient (Wildman–Crippen LogP) is 0.163. The van der Waals surface area contributed by atoms with E-state index < -0.39 is 0 Å². The molecule has 1 aliphatic heterocycles. The molecule has 21 heavy (non-hydrogen) atoms. The fourth-order valence-electron chi connectivity index (χ4n) is 2.74. The third-order valence-corrected chi connectivity index (χ3v) is 4.15. The zero-order valence-electron chi connectivity index (χ0n) is 13.0. The molecule has 1 saturated heterocycles. The quantitative estimate of drug-likeness (QED) is 0.811. The van der Waals surface area contributed by atoms with Gasteiger partial charge in [0, 0.05) is 37.8 Å². The SMILES string of the molecule is CN1CCN(C)C(CNC(=O)c2ccccc2CCN)C1. The Morgan fingerprint density at radius 1 is 1.33 bits per heavy atom. The standard InChI is InChI=1S/C16H26N4O/c1-19-9-10-20(2)14(12-19)11-18-16(21)15-6-4-3-5-13(15)7-8-17/h3-6,14H,7-12,17H2,1-2H3,(H,18,21). The van der Waals surface area contributed by atoms with Crippen LogP contribution in [0.4, 0.5) is 0 Å². The van der Waals surface area contributed by atoms with E-state index in [0.29, 0.717) is 19.1 Å². The Morgan fingerprint density at radius 3 is 2.86 bits per heavy atom. The third kappa shape index (κ3) is 4.27. The van der Waals surface area contributed by atoms with Crippen LogP contribution in [-0.2, 0) is 6.42 Å². The van der Waals surface area contributed by atoms with Crippen LogP contribution in [0.25, 0.3) is 0 Å². The highest BCUT2D eigenvalue weighted by molar-refractivity contribution is 5.95. The van der Waals surface area contributed by atoms with Gasteiger partial charge in [0.1, 0.15) is 0 Å². The molecular formula is C16H26N4O. The summed E-state index contributed by atoms with van der Waals surface area (Å²) in [4.78, 5) is 17.0. The zero-order valence-corrected chi connectivity index (χ0v) is 13.0. The first-order valence-electron chi connectivity index (χ1n) is 7.56. The van der Waals surface area contributed by atoms with Gasteiger partial charge in [-0.15, -0.1) is 0 Å². The van der Waals surface area contributed by atoms with Crippen molar-refractivity contribution in [1.82, 2.24) is 15.1 Å². The second kappa shape index (κ2) is 7.54. The number of amides is 1. The summed E-state index contributed by atoms with van der Waals surface area (Å²) < 4.78 is 0. The smallest absolute Gasteiger partial charge is 0.251 e. The van der Waals surface area contributed by atoms with Crippen molar-refractivity contribution in [1.29, 1.82) is 0 Å². The van der Waals surface area contributed by atoms with Crippen LogP contribution in [0.3, 0.4) is 0 Å². The minimum absolute atomic E-state index is 0.000626. The Kier molecular flexibility index (Phi) is 5.73. The van der Waals surface area contributed by atoms with Crippen molar-refractivity contribution in [2.75, 3.05) is 46.8 Å². The molecule has 2 rings (SSSR count). The molecule has 1 unspecified atom stereocenters. The number of piperazine rings is 1. The molecule has 0 aromatic heterocycles. The number of nitrogens with zero attached hydrogens (tertiary/aromatic N) is 2. The van der Waals surface area contributed by atoms with Gasteiger partial charge in [-0.25, -0.2) is 0 Å². The maximum absolute atomic E-state index is 12.4. The van der Waals surface area contributed by atoms with Crippen molar-refractivity contribution in [3.05, 3.63) is 35.4 Å².